The number of hydrogen-bond acceptors (Lipinski definition) is 2. The lowest BCUT2D eigenvalue weighted by atomic mass is 9.76. The molecule has 0 amide bonds. The maximum atomic E-state index is 11.7. The van der Waals surface area contributed by atoms with Crippen LogP contribution in [-0.2, 0) is 6.42 Å². The third-order valence-electron chi connectivity index (χ3n) is 2.61. The van der Waals surface area contributed by atoms with Crippen LogP contribution in [-0.4, -0.2) is 5.78 Å². The van der Waals surface area contributed by atoms with Crippen LogP contribution in [0.2, 0.25) is 0 Å². The molecule has 1 aliphatic carbocycles. The van der Waals surface area contributed by atoms with Crippen molar-refractivity contribution in [3.8, 4) is 0 Å². The van der Waals surface area contributed by atoms with Crippen LogP contribution < -0.4 is 0 Å². The molecule has 0 N–H and O–H groups in total. The first-order valence-corrected chi connectivity index (χ1v) is 4.60. The topological polar surface area (TPSA) is 30.2 Å². The number of furan rings is 1. The van der Waals surface area contributed by atoms with Gasteiger partial charge in [0, 0.05) is 12.8 Å². The Labute approximate surface area is 77.9 Å². The molecule has 70 valence electrons. The van der Waals surface area contributed by atoms with Gasteiger partial charge in [-0.15, -0.1) is 0 Å². The Balaban J connectivity index is 2.51. The summed E-state index contributed by atoms with van der Waals surface area (Å²) in [4.78, 5) is 11.7. The van der Waals surface area contributed by atoms with Crippen molar-refractivity contribution in [2.75, 3.05) is 0 Å². The summed E-state index contributed by atoms with van der Waals surface area (Å²) in [6.07, 6.45) is 3.20. The van der Waals surface area contributed by atoms with Gasteiger partial charge in [0.25, 0.3) is 0 Å². The summed E-state index contributed by atoms with van der Waals surface area (Å²) in [5.74, 6) is 1.11. The van der Waals surface area contributed by atoms with Crippen LogP contribution in [0.1, 0.15) is 41.9 Å². The number of ketones is 1. The number of hydrogen-bond donors (Lipinski definition) is 0. The fourth-order valence-corrected chi connectivity index (χ4v) is 2.02. The summed E-state index contributed by atoms with van der Waals surface area (Å²) in [5.41, 5.74) is 1.88. The summed E-state index contributed by atoms with van der Waals surface area (Å²) in [6.45, 7) is 6.13. The van der Waals surface area contributed by atoms with E-state index in [0.717, 1.165) is 23.3 Å². The van der Waals surface area contributed by atoms with E-state index in [1.165, 1.54) is 0 Å². The molecule has 0 bridgehead atoms. The molecule has 13 heavy (non-hydrogen) atoms. The Bertz CT molecular complexity index is 358. The number of Topliss-reactive ketones (excluding diaryl/α,β-unsaturated/α-hetero) is 1. The van der Waals surface area contributed by atoms with E-state index in [2.05, 4.69) is 13.8 Å². The van der Waals surface area contributed by atoms with Crippen molar-refractivity contribution < 1.29 is 9.21 Å². The third kappa shape index (κ3) is 1.30. The van der Waals surface area contributed by atoms with E-state index in [-0.39, 0.29) is 11.2 Å². The molecule has 0 radical (unpaired) electrons. The molecule has 2 rings (SSSR count). The normalized spacial score (nSPS) is 20.1. The van der Waals surface area contributed by atoms with E-state index >= 15 is 0 Å². The van der Waals surface area contributed by atoms with E-state index in [1.54, 1.807) is 6.26 Å². The lowest BCUT2D eigenvalue weighted by Crippen LogP contribution is -2.26. The Kier molecular flexibility index (Phi) is 1.62. The zero-order valence-corrected chi connectivity index (χ0v) is 8.31. The van der Waals surface area contributed by atoms with Crippen LogP contribution in [0.4, 0.5) is 0 Å². The largest absolute Gasteiger partial charge is 0.468 e. The van der Waals surface area contributed by atoms with Crippen molar-refractivity contribution in [1.29, 1.82) is 0 Å². The molecule has 1 aliphatic rings. The minimum atomic E-state index is 0.0639. The fraction of sp³-hybridized carbons (Fsp3) is 0.545. The van der Waals surface area contributed by atoms with E-state index in [9.17, 15) is 4.79 Å². The quantitative estimate of drug-likeness (QED) is 0.611. The van der Waals surface area contributed by atoms with E-state index in [1.807, 2.05) is 6.92 Å². The second-order valence-corrected chi connectivity index (χ2v) is 4.66. The highest BCUT2D eigenvalue weighted by Crippen LogP contribution is 2.36. The van der Waals surface area contributed by atoms with Crippen molar-refractivity contribution in [3.05, 3.63) is 23.2 Å². The van der Waals surface area contributed by atoms with Crippen LogP contribution in [0, 0.1) is 12.3 Å². The number of carbonyl (C=O) groups is 1. The van der Waals surface area contributed by atoms with Gasteiger partial charge >= 0.3 is 0 Å². The number of aryl methyl sites for hydroxylation is 1. The van der Waals surface area contributed by atoms with Crippen LogP contribution in [0.5, 0.6) is 0 Å². The Hall–Kier alpha value is -1.05. The van der Waals surface area contributed by atoms with E-state index in [0.29, 0.717) is 6.42 Å². The Morgan fingerprint density at radius 2 is 2.08 bits per heavy atom. The first-order valence-electron chi connectivity index (χ1n) is 4.60. The van der Waals surface area contributed by atoms with Gasteiger partial charge in [0.05, 0.1) is 11.8 Å². The molecule has 1 heterocycles. The van der Waals surface area contributed by atoms with Gasteiger partial charge in [0.1, 0.15) is 5.76 Å². The fourth-order valence-electron chi connectivity index (χ4n) is 2.02. The van der Waals surface area contributed by atoms with Crippen LogP contribution in [0.15, 0.2) is 10.7 Å². The maximum Gasteiger partial charge on any atom is 0.167 e. The lowest BCUT2D eigenvalue weighted by molar-refractivity contribution is 0.0903. The summed E-state index contributed by atoms with van der Waals surface area (Å²) in [6, 6.07) is 0. The van der Waals surface area contributed by atoms with Gasteiger partial charge in [-0.05, 0) is 17.9 Å². The zero-order valence-electron chi connectivity index (χ0n) is 8.31. The molecule has 0 aromatic carbocycles. The molecule has 0 aliphatic heterocycles. The second-order valence-electron chi connectivity index (χ2n) is 4.66. The molecule has 1 aromatic rings. The highest BCUT2D eigenvalue weighted by atomic mass is 16.3. The summed E-state index contributed by atoms with van der Waals surface area (Å²) < 4.78 is 5.37. The molecule has 0 spiro atoms. The van der Waals surface area contributed by atoms with Crippen molar-refractivity contribution >= 4 is 5.78 Å². The lowest BCUT2D eigenvalue weighted by Gasteiger charge is -2.27. The van der Waals surface area contributed by atoms with Gasteiger partial charge in [0.15, 0.2) is 5.78 Å². The smallest absolute Gasteiger partial charge is 0.167 e. The maximum absolute atomic E-state index is 11.7. The molecule has 0 atom stereocenters. The molecular formula is C11H14O2. The molecule has 2 nitrogen and oxygen atoms in total. The molecule has 0 saturated carbocycles. The third-order valence-corrected chi connectivity index (χ3v) is 2.61. The van der Waals surface area contributed by atoms with E-state index < -0.39 is 0 Å². The van der Waals surface area contributed by atoms with Crippen LogP contribution >= 0.6 is 0 Å². The van der Waals surface area contributed by atoms with Crippen molar-refractivity contribution in [1.82, 2.24) is 0 Å². The standard InChI is InChI=1S/C11H14O2/c1-7-6-13-9-5-11(2,3)4-8(12)10(7)9/h6H,4-5H2,1-3H3. The second kappa shape index (κ2) is 2.47. The highest BCUT2D eigenvalue weighted by Gasteiger charge is 2.34. The van der Waals surface area contributed by atoms with Gasteiger partial charge in [0.2, 0.25) is 0 Å². The van der Waals surface area contributed by atoms with Crippen molar-refractivity contribution in [2.45, 2.75) is 33.6 Å². The first kappa shape index (κ1) is 8.54. The van der Waals surface area contributed by atoms with Gasteiger partial charge in [-0.3, -0.25) is 4.79 Å². The molecule has 0 unspecified atom stereocenters. The average molecular weight is 178 g/mol. The molecule has 1 aromatic heterocycles. The zero-order chi connectivity index (χ0) is 9.64. The minimum absolute atomic E-state index is 0.0639. The number of carbonyl (C=O) groups excluding carboxylic acids is 1. The van der Waals surface area contributed by atoms with Gasteiger partial charge in [-0.25, -0.2) is 0 Å². The summed E-state index contributed by atoms with van der Waals surface area (Å²) in [7, 11) is 0. The summed E-state index contributed by atoms with van der Waals surface area (Å²) >= 11 is 0. The first-order chi connectivity index (χ1) is 5.99. The van der Waals surface area contributed by atoms with Gasteiger partial charge in [-0.1, -0.05) is 13.8 Å². The SMILES string of the molecule is Cc1coc2c1C(=O)CC(C)(C)C2. The van der Waals surface area contributed by atoms with E-state index in [4.69, 9.17) is 4.42 Å². The summed E-state index contributed by atoms with van der Waals surface area (Å²) in [5, 5.41) is 0. The van der Waals surface area contributed by atoms with Crippen molar-refractivity contribution in [2.24, 2.45) is 5.41 Å². The molecular weight excluding hydrogens is 164 g/mol. The average Bonchev–Trinajstić information content (AvgIpc) is 2.28. The molecule has 2 heteroatoms. The molecule has 0 saturated heterocycles. The Morgan fingerprint density at radius 1 is 1.38 bits per heavy atom. The Morgan fingerprint density at radius 3 is 2.77 bits per heavy atom. The monoisotopic (exact) mass is 178 g/mol. The van der Waals surface area contributed by atoms with Crippen LogP contribution in [0.25, 0.3) is 0 Å². The minimum Gasteiger partial charge on any atom is -0.468 e. The van der Waals surface area contributed by atoms with Gasteiger partial charge in [-0.2, -0.15) is 0 Å². The highest BCUT2D eigenvalue weighted by molar-refractivity contribution is 5.99. The van der Waals surface area contributed by atoms with Crippen molar-refractivity contribution in [3.63, 3.8) is 0 Å². The number of fused-ring (bicyclic) bond motifs is 1. The number of rotatable bonds is 0. The predicted octanol–water partition coefficient (Wildman–Crippen LogP) is 2.74. The van der Waals surface area contributed by atoms with Crippen LogP contribution in [0.3, 0.4) is 0 Å². The predicted molar refractivity (Wildman–Crippen MR) is 49.9 cm³/mol. The molecule has 0 fully saturated rings. The van der Waals surface area contributed by atoms with Gasteiger partial charge < -0.3 is 4.42 Å².